The molecule has 1 aromatic carbocycles. The predicted molar refractivity (Wildman–Crippen MR) is 75.9 cm³/mol. The van der Waals surface area contributed by atoms with E-state index in [9.17, 15) is 4.79 Å². The maximum absolute atomic E-state index is 11.7. The number of benzene rings is 1. The molecule has 0 aliphatic heterocycles. The number of halogens is 1. The van der Waals surface area contributed by atoms with Crippen LogP contribution in [0.1, 0.15) is 9.67 Å². The first-order chi connectivity index (χ1) is 8.70. The zero-order valence-electron chi connectivity index (χ0n) is 9.44. The second kappa shape index (κ2) is 5.72. The van der Waals surface area contributed by atoms with Gasteiger partial charge < -0.3 is 5.32 Å². The van der Waals surface area contributed by atoms with Gasteiger partial charge in [0.1, 0.15) is 0 Å². The minimum atomic E-state index is -0.141. The molecule has 0 spiro atoms. The predicted octanol–water partition coefficient (Wildman–Crippen LogP) is 3.43. The fourth-order valence-electron chi connectivity index (χ4n) is 1.45. The van der Waals surface area contributed by atoms with Crippen LogP contribution in [0.25, 0.3) is 10.4 Å². The van der Waals surface area contributed by atoms with Crippen molar-refractivity contribution in [1.29, 1.82) is 0 Å². The molecular weight excluding hydrogens is 266 g/mol. The zero-order chi connectivity index (χ0) is 13.0. The maximum atomic E-state index is 11.7. The van der Waals surface area contributed by atoms with Gasteiger partial charge in [-0.1, -0.05) is 29.7 Å². The highest BCUT2D eigenvalue weighted by Gasteiger charge is 2.09. The van der Waals surface area contributed by atoms with Gasteiger partial charge >= 0.3 is 0 Å². The Morgan fingerprint density at radius 1 is 1.28 bits per heavy atom. The average Bonchev–Trinajstić information content (AvgIpc) is 2.86. The van der Waals surface area contributed by atoms with Crippen LogP contribution < -0.4 is 5.32 Å². The molecule has 0 bridgehead atoms. The lowest BCUT2D eigenvalue weighted by Crippen LogP contribution is -2.22. The van der Waals surface area contributed by atoms with Crippen molar-refractivity contribution in [3.8, 4) is 22.8 Å². The van der Waals surface area contributed by atoms with Gasteiger partial charge in [0.2, 0.25) is 0 Å². The molecule has 1 amide bonds. The van der Waals surface area contributed by atoms with Crippen LogP contribution in [0.4, 0.5) is 0 Å². The van der Waals surface area contributed by atoms with Gasteiger partial charge in [-0.05, 0) is 29.8 Å². The first kappa shape index (κ1) is 12.7. The lowest BCUT2D eigenvalue weighted by Gasteiger charge is -1.98. The van der Waals surface area contributed by atoms with Gasteiger partial charge in [0, 0.05) is 9.90 Å². The van der Waals surface area contributed by atoms with Crippen molar-refractivity contribution in [2.45, 2.75) is 0 Å². The van der Waals surface area contributed by atoms with Gasteiger partial charge in [0.05, 0.1) is 11.4 Å². The summed E-state index contributed by atoms with van der Waals surface area (Å²) in [7, 11) is 0. The van der Waals surface area contributed by atoms with E-state index >= 15 is 0 Å². The zero-order valence-corrected chi connectivity index (χ0v) is 11.0. The number of thiophene rings is 1. The van der Waals surface area contributed by atoms with Crippen LogP contribution in [0.15, 0.2) is 36.4 Å². The Morgan fingerprint density at radius 3 is 2.67 bits per heavy atom. The van der Waals surface area contributed by atoms with Crippen LogP contribution in [0.5, 0.6) is 0 Å². The third-order valence-corrected chi connectivity index (χ3v) is 3.69. The van der Waals surface area contributed by atoms with E-state index in [1.807, 2.05) is 30.3 Å². The van der Waals surface area contributed by atoms with E-state index in [4.69, 9.17) is 18.0 Å². The summed E-state index contributed by atoms with van der Waals surface area (Å²) in [5.41, 5.74) is 1.04. The molecule has 1 heterocycles. The Hall–Kier alpha value is -1.76. The molecule has 18 heavy (non-hydrogen) atoms. The molecule has 0 radical (unpaired) electrons. The van der Waals surface area contributed by atoms with E-state index in [0.717, 1.165) is 10.4 Å². The lowest BCUT2D eigenvalue weighted by molar-refractivity contribution is 0.0963. The molecular formula is C14H10ClNOS. The number of terminal acetylenes is 1. The molecule has 0 fully saturated rings. The number of carbonyl (C=O) groups is 1. The Morgan fingerprint density at radius 2 is 2.00 bits per heavy atom. The molecule has 4 heteroatoms. The molecule has 0 saturated carbocycles. The van der Waals surface area contributed by atoms with Gasteiger partial charge in [-0.25, -0.2) is 0 Å². The van der Waals surface area contributed by atoms with E-state index < -0.39 is 0 Å². The second-order valence-electron chi connectivity index (χ2n) is 3.56. The molecule has 2 rings (SSSR count). The summed E-state index contributed by atoms with van der Waals surface area (Å²) in [5.74, 6) is 2.23. The summed E-state index contributed by atoms with van der Waals surface area (Å²) < 4.78 is 0. The summed E-state index contributed by atoms with van der Waals surface area (Å²) in [4.78, 5) is 13.4. The van der Waals surface area contributed by atoms with Crippen molar-refractivity contribution in [2.24, 2.45) is 0 Å². The van der Waals surface area contributed by atoms with Crippen molar-refractivity contribution in [3.63, 3.8) is 0 Å². The number of hydrogen-bond acceptors (Lipinski definition) is 2. The topological polar surface area (TPSA) is 29.1 Å². The summed E-state index contributed by atoms with van der Waals surface area (Å²) in [6, 6.07) is 11.2. The van der Waals surface area contributed by atoms with Gasteiger partial charge in [-0.3, -0.25) is 4.79 Å². The summed E-state index contributed by atoms with van der Waals surface area (Å²) in [6.07, 6.45) is 5.09. The standard InChI is InChI=1S/C14H10ClNOS/c1-2-9-16-14(17)13-8-7-12(18-13)10-3-5-11(15)6-4-10/h1,3-8H,9H2,(H,16,17). The molecule has 0 atom stereocenters. The third kappa shape index (κ3) is 2.92. The normalized spacial score (nSPS) is 9.78. The van der Waals surface area contributed by atoms with Crippen LogP contribution in [0.3, 0.4) is 0 Å². The van der Waals surface area contributed by atoms with E-state index in [0.29, 0.717) is 9.90 Å². The van der Waals surface area contributed by atoms with Crippen LogP contribution in [-0.4, -0.2) is 12.5 Å². The van der Waals surface area contributed by atoms with E-state index in [1.54, 1.807) is 6.07 Å². The average molecular weight is 276 g/mol. The number of hydrogen-bond donors (Lipinski definition) is 1. The molecule has 0 aliphatic rings. The fourth-order valence-corrected chi connectivity index (χ4v) is 2.50. The van der Waals surface area contributed by atoms with E-state index in [1.165, 1.54) is 11.3 Å². The van der Waals surface area contributed by atoms with E-state index in [-0.39, 0.29) is 12.5 Å². The van der Waals surface area contributed by atoms with Crippen LogP contribution in [-0.2, 0) is 0 Å². The van der Waals surface area contributed by atoms with Crippen LogP contribution in [0, 0.1) is 12.3 Å². The first-order valence-electron chi connectivity index (χ1n) is 5.28. The van der Waals surface area contributed by atoms with Crippen molar-refractivity contribution in [1.82, 2.24) is 5.32 Å². The van der Waals surface area contributed by atoms with Crippen LogP contribution >= 0.6 is 22.9 Å². The van der Waals surface area contributed by atoms with Crippen molar-refractivity contribution in [3.05, 3.63) is 46.3 Å². The Labute approximate surface area is 115 Å². The van der Waals surface area contributed by atoms with Gasteiger partial charge in [0.25, 0.3) is 5.91 Å². The third-order valence-electron chi connectivity index (χ3n) is 2.31. The number of amides is 1. The summed E-state index contributed by atoms with van der Waals surface area (Å²) >= 11 is 7.26. The fraction of sp³-hybridized carbons (Fsp3) is 0.0714. The van der Waals surface area contributed by atoms with Crippen molar-refractivity contribution in [2.75, 3.05) is 6.54 Å². The highest BCUT2D eigenvalue weighted by Crippen LogP contribution is 2.28. The number of carbonyl (C=O) groups excluding carboxylic acids is 1. The largest absolute Gasteiger partial charge is 0.340 e. The Kier molecular flexibility index (Phi) is 4.03. The monoisotopic (exact) mass is 275 g/mol. The molecule has 0 saturated heterocycles. The molecule has 2 nitrogen and oxygen atoms in total. The van der Waals surface area contributed by atoms with Crippen LogP contribution in [0.2, 0.25) is 5.02 Å². The van der Waals surface area contributed by atoms with Gasteiger partial charge in [-0.2, -0.15) is 0 Å². The molecule has 0 unspecified atom stereocenters. The molecule has 1 N–H and O–H groups in total. The minimum Gasteiger partial charge on any atom is -0.340 e. The Balaban J connectivity index is 2.18. The minimum absolute atomic E-state index is 0.141. The summed E-state index contributed by atoms with van der Waals surface area (Å²) in [5, 5.41) is 3.33. The smallest absolute Gasteiger partial charge is 0.262 e. The molecule has 2 aromatic rings. The van der Waals surface area contributed by atoms with Gasteiger partial charge in [-0.15, -0.1) is 17.8 Å². The molecule has 0 aliphatic carbocycles. The van der Waals surface area contributed by atoms with E-state index in [2.05, 4.69) is 11.2 Å². The van der Waals surface area contributed by atoms with Gasteiger partial charge in [0.15, 0.2) is 0 Å². The number of rotatable bonds is 3. The maximum Gasteiger partial charge on any atom is 0.262 e. The summed E-state index contributed by atoms with van der Waals surface area (Å²) in [6.45, 7) is 0.243. The Bertz CT molecular complexity index is 595. The first-order valence-corrected chi connectivity index (χ1v) is 6.47. The quantitative estimate of drug-likeness (QED) is 0.855. The highest BCUT2D eigenvalue weighted by atomic mass is 35.5. The lowest BCUT2D eigenvalue weighted by atomic mass is 10.2. The van der Waals surface area contributed by atoms with Crippen molar-refractivity contribution >= 4 is 28.8 Å². The second-order valence-corrected chi connectivity index (χ2v) is 5.08. The molecule has 90 valence electrons. The number of nitrogens with one attached hydrogen (secondary N) is 1. The van der Waals surface area contributed by atoms with Crippen molar-refractivity contribution < 1.29 is 4.79 Å². The molecule has 1 aromatic heterocycles. The highest BCUT2D eigenvalue weighted by molar-refractivity contribution is 7.17. The SMILES string of the molecule is C#CCNC(=O)c1ccc(-c2ccc(Cl)cc2)s1.